The van der Waals surface area contributed by atoms with Gasteiger partial charge in [0.1, 0.15) is 0 Å². The Kier molecular flexibility index (Phi) is 5.18. The predicted octanol–water partition coefficient (Wildman–Crippen LogP) is 0.489. The number of ether oxygens (including phenoxy) is 1. The average Bonchev–Trinajstić information content (AvgIpc) is 2.25. The molecular formula is C12H26N2O2. The van der Waals surface area contributed by atoms with Gasteiger partial charge in [-0.25, -0.2) is 0 Å². The maximum absolute atomic E-state index is 9.67. The van der Waals surface area contributed by atoms with Crippen molar-refractivity contribution in [1.29, 1.82) is 0 Å². The Labute approximate surface area is 98.5 Å². The highest BCUT2D eigenvalue weighted by molar-refractivity contribution is 5.02. The van der Waals surface area contributed by atoms with E-state index in [1.165, 1.54) is 0 Å². The van der Waals surface area contributed by atoms with Gasteiger partial charge in [-0.3, -0.25) is 0 Å². The summed E-state index contributed by atoms with van der Waals surface area (Å²) in [5.74, 6) is 0. The molecule has 3 atom stereocenters. The molecule has 0 spiro atoms. The van der Waals surface area contributed by atoms with Gasteiger partial charge in [-0.05, 0) is 25.8 Å². The van der Waals surface area contributed by atoms with E-state index in [1.54, 1.807) is 7.11 Å². The second kappa shape index (κ2) is 5.96. The van der Waals surface area contributed by atoms with Crippen LogP contribution in [0.3, 0.4) is 0 Å². The molecule has 4 heteroatoms. The van der Waals surface area contributed by atoms with Gasteiger partial charge in [-0.1, -0.05) is 13.8 Å². The molecule has 0 aromatic rings. The number of methoxy groups -OCH3 is 1. The van der Waals surface area contributed by atoms with Crippen LogP contribution in [0.15, 0.2) is 0 Å². The average molecular weight is 230 g/mol. The SMILES string of the molecule is COCC(CCCN)NC1CC(O)C1(C)C. The zero-order chi connectivity index (χ0) is 12.2. The van der Waals surface area contributed by atoms with Crippen LogP contribution in [-0.4, -0.2) is 43.6 Å². The lowest BCUT2D eigenvalue weighted by Crippen LogP contribution is -2.62. The van der Waals surface area contributed by atoms with Gasteiger partial charge in [0.05, 0.1) is 12.7 Å². The summed E-state index contributed by atoms with van der Waals surface area (Å²) in [4.78, 5) is 0. The van der Waals surface area contributed by atoms with Gasteiger partial charge in [0.25, 0.3) is 0 Å². The summed E-state index contributed by atoms with van der Waals surface area (Å²) < 4.78 is 5.20. The molecule has 3 unspecified atom stereocenters. The van der Waals surface area contributed by atoms with Crippen molar-refractivity contribution in [3.63, 3.8) is 0 Å². The highest BCUT2D eigenvalue weighted by atomic mass is 16.5. The number of hydrogen-bond donors (Lipinski definition) is 3. The molecule has 1 fully saturated rings. The molecule has 1 aliphatic carbocycles. The minimum absolute atomic E-state index is 0.0191. The molecule has 16 heavy (non-hydrogen) atoms. The summed E-state index contributed by atoms with van der Waals surface area (Å²) in [7, 11) is 1.72. The summed E-state index contributed by atoms with van der Waals surface area (Å²) in [5.41, 5.74) is 5.50. The molecular weight excluding hydrogens is 204 g/mol. The number of nitrogens with one attached hydrogen (secondary N) is 1. The fourth-order valence-electron chi connectivity index (χ4n) is 2.25. The van der Waals surface area contributed by atoms with Crippen molar-refractivity contribution >= 4 is 0 Å². The fraction of sp³-hybridized carbons (Fsp3) is 1.00. The summed E-state index contributed by atoms with van der Waals surface area (Å²) >= 11 is 0. The van der Waals surface area contributed by atoms with Gasteiger partial charge in [0.15, 0.2) is 0 Å². The summed E-state index contributed by atoms with van der Waals surface area (Å²) in [6, 6.07) is 0.741. The molecule has 0 bridgehead atoms. The second-order valence-corrected chi connectivity index (χ2v) is 5.38. The van der Waals surface area contributed by atoms with Crippen LogP contribution in [-0.2, 0) is 4.74 Å². The topological polar surface area (TPSA) is 67.5 Å². The highest BCUT2D eigenvalue weighted by Gasteiger charge is 2.47. The van der Waals surface area contributed by atoms with Crippen molar-refractivity contribution < 1.29 is 9.84 Å². The maximum Gasteiger partial charge on any atom is 0.0621 e. The standard InChI is InChI=1S/C12H26N2O2/c1-12(2)10(7-11(12)15)14-9(8-16-3)5-4-6-13/h9-11,14-15H,4-8,13H2,1-3H3. The molecule has 96 valence electrons. The summed E-state index contributed by atoms with van der Waals surface area (Å²) in [6.07, 6.45) is 2.71. The van der Waals surface area contributed by atoms with Crippen molar-refractivity contribution in [2.45, 2.75) is 51.3 Å². The molecule has 1 rings (SSSR count). The van der Waals surface area contributed by atoms with Crippen LogP contribution in [0.1, 0.15) is 33.1 Å². The van der Waals surface area contributed by atoms with Crippen LogP contribution in [0.4, 0.5) is 0 Å². The number of rotatable bonds is 7. The Morgan fingerprint density at radius 1 is 1.56 bits per heavy atom. The molecule has 1 aliphatic rings. The van der Waals surface area contributed by atoms with Gasteiger partial charge in [-0.15, -0.1) is 0 Å². The number of nitrogens with two attached hydrogens (primary N) is 1. The van der Waals surface area contributed by atoms with E-state index in [4.69, 9.17) is 10.5 Å². The minimum atomic E-state index is -0.178. The lowest BCUT2D eigenvalue weighted by atomic mass is 9.64. The van der Waals surface area contributed by atoms with Crippen molar-refractivity contribution in [2.24, 2.45) is 11.1 Å². The zero-order valence-electron chi connectivity index (χ0n) is 10.7. The molecule has 0 heterocycles. The van der Waals surface area contributed by atoms with E-state index in [1.807, 2.05) is 0 Å². The van der Waals surface area contributed by atoms with Crippen molar-refractivity contribution in [3.05, 3.63) is 0 Å². The van der Waals surface area contributed by atoms with Gasteiger partial charge in [-0.2, -0.15) is 0 Å². The summed E-state index contributed by atoms with van der Waals surface area (Å²) in [6.45, 7) is 5.64. The highest BCUT2D eigenvalue weighted by Crippen LogP contribution is 2.40. The van der Waals surface area contributed by atoms with Gasteiger partial charge in [0, 0.05) is 24.6 Å². The Bertz CT molecular complexity index is 209. The van der Waals surface area contributed by atoms with Crippen molar-refractivity contribution in [2.75, 3.05) is 20.3 Å². The first-order valence-corrected chi connectivity index (χ1v) is 6.15. The quantitative estimate of drug-likeness (QED) is 0.595. The van der Waals surface area contributed by atoms with Crippen LogP contribution in [0.2, 0.25) is 0 Å². The van der Waals surface area contributed by atoms with Gasteiger partial charge < -0.3 is 20.9 Å². The molecule has 0 amide bonds. The van der Waals surface area contributed by atoms with Crippen LogP contribution >= 0.6 is 0 Å². The van der Waals surface area contributed by atoms with Gasteiger partial charge in [0.2, 0.25) is 0 Å². The molecule has 0 aromatic heterocycles. The van der Waals surface area contributed by atoms with Crippen molar-refractivity contribution in [1.82, 2.24) is 5.32 Å². The lowest BCUT2D eigenvalue weighted by Gasteiger charge is -2.51. The van der Waals surface area contributed by atoms with Crippen LogP contribution in [0.25, 0.3) is 0 Å². The fourth-order valence-corrected chi connectivity index (χ4v) is 2.25. The van der Waals surface area contributed by atoms with Crippen LogP contribution < -0.4 is 11.1 Å². The van der Waals surface area contributed by atoms with Crippen LogP contribution in [0, 0.1) is 5.41 Å². The Morgan fingerprint density at radius 3 is 2.69 bits per heavy atom. The minimum Gasteiger partial charge on any atom is -0.392 e. The number of hydrogen-bond acceptors (Lipinski definition) is 4. The first kappa shape index (κ1) is 13.9. The largest absolute Gasteiger partial charge is 0.392 e. The molecule has 0 aromatic carbocycles. The Morgan fingerprint density at radius 2 is 2.25 bits per heavy atom. The smallest absolute Gasteiger partial charge is 0.0621 e. The number of aliphatic hydroxyl groups is 1. The Balaban J connectivity index is 2.37. The molecule has 0 radical (unpaired) electrons. The van der Waals surface area contributed by atoms with E-state index in [0.717, 1.165) is 25.8 Å². The third-order valence-corrected chi connectivity index (χ3v) is 3.78. The first-order chi connectivity index (χ1) is 7.52. The molecule has 1 saturated carbocycles. The van der Waals surface area contributed by atoms with E-state index in [9.17, 15) is 5.11 Å². The third-order valence-electron chi connectivity index (χ3n) is 3.78. The van der Waals surface area contributed by atoms with E-state index in [0.29, 0.717) is 18.7 Å². The zero-order valence-corrected chi connectivity index (χ0v) is 10.7. The van der Waals surface area contributed by atoms with E-state index >= 15 is 0 Å². The molecule has 4 N–H and O–H groups in total. The van der Waals surface area contributed by atoms with Gasteiger partial charge >= 0.3 is 0 Å². The van der Waals surface area contributed by atoms with E-state index in [2.05, 4.69) is 19.2 Å². The Hall–Kier alpha value is -0.160. The molecule has 0 saturated heterocycles. The molecule has 4 nitrogen and oxygen atoms in total. The monoisotopic (exact) mass is 230 g/mol. The van der Waals surface area contributed by atoms with Crippen LogP contribution in [0.5, 0.6) is 0 Å². The predicted molar refractivity (Wildman–Crippen MR) is 65.3 cm³/mol. The normalized spacial score (nSPS) is 29.8. The summed E-state index contributed by atoms with van der Waals surface area (Å²) in [5, 5.41) is 13.2. The van der Waals surface area contributed by atoms with E-state index in [-0.39, 0.29) is 11.5 Å². The number of aliphatic hydroxyl groups excluding tert-OH is 1. The maximum atomic E-state index is 9.67. The van der Waals surface area contributed by atoms with Crippen molar-refractivity contribution in [3.8, 4) is 0 Å². The third kappa shape index (κ3) is 3.17. The molecule has 0 aliphatic heterocycles. The first-order valence-electron chi connectivity index (χ1n) is 6.15. The lowest BCUT2D eigenvalue weighted by molar-refractivity contribution is -0.0784. The van der Waals surface area contributed by atoms with E-state index < -0.39 is 0 Å². The second-order valence-electron chi connectivity index (χ2n) is 5.38.